The highest BCUT2D eigenvalue weighted by Crippen LogP contribution is 2.39. The lowest BCUT2D eigenvalue weighted by Crippen LogP contribution is -2.30. The van der Waals surface area contributed by atoms with Gasteiger partial charge in [0.15, 0.2) is 0 Å². The van der Waals surface area contributed by atoms with Crippen LogP contribution in [0.5, 0.6) is 0 Å². The number of pyridine rings is 1. The molecule has 7 nitrogen and oxygen atoms in total. The van der Waals surface area contributed by atoms with Crippen LogP contribution in [0.4, 0.5) is 4.79 Å². The molecule has 4 rings (SSSR count). The second-order valence-corrected chi connectivity index (χ2v) is 8.19. The maximum atomic E-state index is 12.2. The molecule has 0 spiro atoms. The minimum absolute atomic E-state index is 0.192. The molecule has 33 heavy (non-hydrogen) atoms. The van der Waals surface area contributed by atoms with E-state index < -0.39 is 6.09 Å². The molecule has 3 aromatic rings. The van der Waals surface area contributed by atoms with Crippen LogP contribution >= 0.6 is 0 Å². The largest absolute Gasteiger partial charge is 0.444 e. The number of nitrogens with zero attached hydrogens (tertiary/aromatic N) is 3. The SMILES string of the molecule is C=C/C(=C\C(=NC)NC(=O)OCc1cccc(C)c1)NCc1cn2cc(C3CC3)ccc2n1. The van der Waals surface area contributed by atoms with Crippen LogP contribution in [-0.2, 0) is 17.9 Å². The molecule has 2 aromatic heterocycles. The van der Waals surface area contributed by atoms with Gasteiger partial charge in [0.25, 0.3) is 0 Å². The van der Waals surface area contributed by atoms with Crippen LogP contribution in [0.3, 0.4) is 0 Å². The van der Waals surface area contributed by atoms with Crippen LogP contribution < -0.4 is 10.6 Å². The number of aliphatic imine (C=N–C) groups is 1. The molecule has 1 amide bonds. The summed E-state index contributed by atoms with van der Waals surface area (Å²) >= 11 is 0. The molecule has 170 valence electrons. The van der Waals surface area contributed by atoms with Crippen LogP contribution in [0, 0.1) is 6.92 Å². The minimum Gasteiger partial charge on any atom is -0.444 e. The molecule has 0 aliphatic heterocycles. The van der Waals surface area contributed by atoms with Gasteiger partial charge < -0.3 is 14.5 Å². The van der Waals surface area contributed by atoms with Crippen molar-refractivity contribution >= 4 is 17.6 Å². The molecule has 1 fully saturated rings. The van der Waals surface area contributed by atoms with E-state index in [-0.39, 0.29) is 6.61 Å². The van der Waals surface area contributed by atoms with Gasteiger partial charge in [0.05, 0.1) is 12.2 Å². The number of ether oxygens (including phenoxy) is 1. The lowest BCUT2D eigenvalue weighted by molar-refractivity contribution is 0.145. The fourth-order valence-electron chi connectivity index (χ4n) is 3.57. The molecule has 2 heterocycles. The highest BCUT2D eigenvalue weighted by Gasteiger charge is 2.23. The van der Waals surface area contributed by atoms with Crippen molar-refractivity contribution in [3.63, 3.8) is 0 Å². The van der Waals surface area contributed by atoms with E-state index >= 15 is 0 Å². The van der Waals surface area contributed by atoms with E-state index in [2.05, 4.69) is 49.9 Å². The molecule has 0 saturated heterocycles. The van der Waals surface area contributed by atoms with Gasteiger partial charge in [0, 0.05) is 31.2 Å². The zero-order chi connectivity index (χ0) is 23.2. The van der Waals surface area contributed by atoms with Gasteiger partial charge in [0.1, 0.15) is 18.1 Å². The Balaban J connectivity index is 1.33. The molecule has 1 aromatic carbocycles. The zero-order valence-electron chi connectivity index (χ0n) is 19.0. The van der Waals surface area contributed by atoms with Gasteiger partial charge in [-0.05, 0) is 49.0 Å². The number of benzene rings is 1. The quantitative estimate of drug-likeness (QED) is 0.302. The maximum Gasteiger partial charge on any atom is 0.413 e. The molecule has 2 N–H and O–H groups in total. The number of aromatic nitrogens is 2. The molecule has 1 aliphatic carbocycles. The summed E-state index contributed by atoms with van der Waals surface area (Å²) in [4.78, 5) is 21.0. The molecular weight excluding hydrogens is 414 g/mol. The minimum atomic E-state index is -0.566. The van der Waals surface area contributed by atoms with Crippen LogP contribution in [0.1, 0.15) is 41.1 Å². The predicted octanol–water partition coefficient (Wildman–Crippen LogP) is 4.63. The number of aryl methyl sites for hydroxylation is 1. The van der Waals surface area contributed by atoms with Crippen molar-refractivity contribution in [1.82, 2.24) is 20.0 Å². The van der Waals surface area contributed by atoms with E-state index in [1.165, 1.54) is 18.4 Å². The Bertz CT molecular complexity index is 1220. The van der Waals surface area contributed by atoms with Crippen molar-refractivity contribution in [1.29, 1.82) is 0 Å². The van der Waals surface area contributed by atoms with Gasteiger partial charge in [-0.3, -0.25) is 10.3 Å². The summed E-state index contributed by atoms with van der Waals surface area (Å²) in [7, 11) is 1.60. The average molecular weight is 444 g/mol. The van der Waals surface area contributed by atoms with Gasteiger partial charge in [-0.25, -0.2) is 9.78 Å². The third kappa shape index (κ3) is 6.10. The normalized spacial score (nSPS) is 14.2. The number of nitrogens with one attached hydrogen (secondary N) is 2. The van der Waals surface area contributed by atoms with Crippen molar-refractivity contribution in [2.45, 2.75) is 38.8 Å². The van der Waals surface area contributed by atoms with E-state index in [1.54, 1.807) is 19.2 Å². The summed E-state index contributed by atoms with van der Waals surface area (Å²) in [6, 6.07) is 12.1. The van der Waals surface area contributed by atoms with Crippen LogP contribution in [0.2, 0.25) is 0 Å². The number of hydrogen-bond acceptors (Lipinski definition) is 5. The molecule has 1 saturated carbocycles. The first kappa shape index (κ1) is 22.3. The molecular formula is C26H29N5O2. The third-order valence-electron chi connectivity index (χ3n) is 5.48. The first-order valence-electron chi connectivity index (χ1n) is 11.1. The number of imidazole rings is 1. The smallest absolute Gasteiger partial charge is 0.413 e. The molecule has 0 atom stereocenters. The van der Waals surface area contributed by atoms with Gasteiger partial charge in [-0.2, -0.15) is 0 Å². The summed E-state index contributed by atoms with van der Waals surface area (Å²) in [5.41, 5.74) is 5.97. The van der Waals surface area contributed by atoms with Crippen molar-refractivity contribution in [2.24, 2.45) is 4.99 Å². The Morgan fingerprint density at radius 3 is 2.88 bits per heavy atom. The predicted molar refractivity (Wildman–Crippen MR) is 130 cm³/mol. The Hall–Kier alpha value is -3.87. The van der Waals surface area contributed by atoms with Crippen molar-refractivity contribution in [3.8, 4) is 0 Å². The van der Waals surface area contributed by atoms with E-state index in [1.807, 2.05) is 37.4 Å². The lowest BCUT2D eigenvalue weighted by Gasteiger charge is -2.09. The molecule has 0 bridgehead atoms. The van der Waals surface area contributed by atoms with Crippen LogP contribution in [-0.4, -0.2) is 28.4 Å². The number of amidine groups is 1. The highest BCUT2D eigenvalue weighted by atomic mass is 16.5. The summed E-state index contributed by atoms with van der Waals surface area (Å²) in [5.74, 6) is 1.08. The number of hydrogen-bond donors (Lipinski definition) is 2. The first-order valence-corrected chi connectivity index (χ1v) is 11.1. The molecule has 7 heteroatoms. The first-order chi connectivity index (χ1) is 16.0. The summed E-state index contributed by atoms with van der Waals surface area (Å²) < 4.78 is 7.38. The lowest BCUT2D eigenvalue weighted by atomic mass is 10.1. The van der Waals surface area contributed by atoms with Crippen LogP contribution in [0.25, 0.3) is 5.65 Å². The molecule has 1 aliphatic rings. The number of carbonyl (C=O) groups excluding carboxylic acids is 1. The third-order valence-corrected chi connectivity index (χ3v) is 5.48. The standard InChI is InChI=1S/C26H29N5O2/c1-4-22(13-24(27-3)30-26(32)33-17-19-7-5-6-18(2)12-19)28-14-23-16-31-15-21(20-8-9-20)10-11-25(31)29-23/h4-7,10-13,15-16,20,28H,1,8-9,14,17H2,2-3H3,(H,27,30,32)/b22-13+. The van der Waals surface area contributed by atoms with Crippen molar-refractivity contribution in [2.75, 3.05) is 7.05 Å². The van der Waals surface area contributed by atoms with Gasteiger partial charge >= 0.3 is 6.09 Å². The Morgan fingerprint density at radius 1 is 1.30 bits per heavy atom. The second kappa shape index (κ2) is 10.2. The van der Waals surface area contributed by atoms with E-state index in [0.29, 0.717) is 24.0 Å². The number of rotatable bonds is 8. The maximum absolute atomic E-state index is 12.2. The summed E-state index contributed by atoms with van der Waals surface area (Å²) in [6.07, 6.45) is 9.57. The van der Waals surface area contributed by atoms with E-state index in [0.717, 1.165) is 22.5 Å². The van der Waals surface area contributed by atoms with E-state index in [4.69, 9.17) is 4.74 Å². The highest BCUT2D eigenvalue weighted by molar-refractivity contribution is 6.02. The number of allylic oxidation sites excluding steroid dienone is 1. The fourth-order valence-corrected chi connectivity index (χ4v) is 3.57. The summed E-state index contributed by atoms with van der Waals surface area (Å²) in [6.45, 7) is 6.56. The van der Waals surface area contributed by atoms with Crippen molar-refractivity contribution < 1.29 is 9.53 Å². The molecule has 0 radical (unpaired) electrons. The van der Waals surface area contributed by atoms with Crippen molar-refractivity contribution in [3.05, 3.63) is 95.6 Å². The van der Waals surface area contributed by atoms with Gasteiger partial charge in [-0.1, -0.05) is 42.5 Å². The number of carbonyl (C=O) groups is 1. The fraction of sp³-hybridized carbons (Fsp3) is 0.269. The van der Waals surface area contributed by atoms with Gasteiger partial charge in [-0.15, -0.1) is 0 Å². The monoisotopic (exact) mass is 443 g/mol. The van der Waals surface area contributed by atoms with Crippen LogP contribution in [0.15, 0.2) is 78.2 Å². The Kier molecular flexibility index (Phi) is 6.88. The number of alkyl carbamates (subject to hydrolysis) is 1. The second-order valence-electron chi connectivity index (χ2n) is 8.19. The topological polar surface area (TPSA) is 80.0 Å². The summed E-state index contributed by atoms with van der Waals surface area (Å²) in [5, 5.41) is 5.96. The average Bonchev–Trinajstić information content (AvgIpc) is 3.59. The molecule has 0 unspecified atom stereocenters. The van der Waals surface area contributed by atoms with Gasteiger partial charge in [0.2, 0.25) is 0 Å². The Labute approximate surface area is 193 Å². The number of amides is 1. The Morgan fingerprint density at radius 2 is 2.15 bits per heavy atom. The zero-order valence-corrected chi connectivity index (χ0v) is 19.0. The number of fused-ring (bicyclic) bond motifs is 1. The van der Waals surface area contributed by atoms with E-state index in [9.17, 15) is 4.79 Å².